The van der Waals surface area contributed by atoms with Gasteiger partial charge in [0.05, 0.1) is 77.3 Å². The van der Waals surface area contributed by atoms with Crippen molar-refractivity contribution < 1.29 is 4.74 Å². The summed E-state index contributed by atoms with van der Waals surface area (Å²) in [6.45, 7) is 6.55. The molecule has 2 N–H and O–H groups in total. The van der Waals surface area contributed by atoms with Crippen molar-refractivity contribution in [1.29, 1.82) is 0 Å². The second-order valence-corrected chi connectivity index (χ2v) is 36.1. The maximum absolute atomic E-state index is 7.12. The number of hydrazone groups is 1. The first kappa shape index (κ1) is 72.8. The van der Waals surface area contributed by atoms with Crippen molar-refractivity contribution in [3.05, 3.63) is 386 Å². The number of hydrogen-bond donors (Lipinski definition) is 2. The first-order chi connectivity index (χ1) is 58.1. The van der Waals surface area contributed by atoms with Gasteiger partial charge in [0.2, 0.25) is 0 Å². The summed E-state index contributed by atoms with van der Waals surface area (Å²) in [5, 5.41) is 9.05. The van der Waals surface area contributed by atoms with Crippen LogP contribution in [0.15, 0.2) is 335 Å². The number of likely N-dealkylation sites (N-methyl/N-ethyl adjacent to an activating group) is 1. The van der Waals surface area contributed by atoms with Gasteiger partial charge < -0.3 is 24.9 Å². The molecular formula is C108H105N9O. The maximum atomic E-state index is 7.12. The van der Waals surface area contributed by atoms with Gasteiger partial charge in [-0.3, -0.25) is 15.0 Å². The molecule has 10 nitrogen and oxygen atoms in total. The first-order valence-corrected chi connectivity index (χ1v) is 44.1. The second kappa shape index (κ2) is 30.4. The fourth-order valence-corrected chi connectivity index (χ4v) is 22.5. The van der Waals surface area contributed by atoms with Gasteiger partial charge in [0, 0.05) is 53.4 Å². The number of anilines is 2. The maximum Gasteiger partial charge on any atom is 0.144 e. The molecule has 0 amide bonds. The van der Waals surface area contributed by atoms with Crippen LogP contribution in [0.5, 0.6) is 5.75 Å². The molecule has 7 aromatic carbocycles. The standard InChI is InChI=1S/C108H105N9O/c1-69(77-46-48-78(49-47-77)97-66-109-95-22-12-13-23-96(95)110-97)59-76-39-55-101-105(63-76)118-104-62-74(38-54-100(104)117(101)84-15-5-4-6-16-84)29-26-70-31-40-79(41-32-70)103-67-115-68-116(103)102-65-83(51-56-99(102)115)82-50-53-94-91(64-82)106(112-111-94)80-42-33-72(34-43-80)27-30-75-57-58-108(2)92-52-37-73(28-25-71-35-44-81(45-36-71)107-89-21-11-14-24-98(89)114(3)113-107)60-90(92)87-19-8-7-17-85(87)86-18-9-10-20-88(86)93(108)61-75/h5,7-10,12-15,17-30,33-35,37-39,42-50,52-55,57-58,60-65,67,69-71,79,84,86,88,93,97-99,101-102,105-106,111-112H,4,6,11,16,31-32,36,40-41,51,56,59,66,68H2,1-3H3/b28-25?,29-26?,30-27+. The predicted molar refractivity (Wildman–Crippen MR) is 483 cm³/mol. The molecule has 14 unspecified atom stereocenters. The predicted octanol–water partition coefficient (Wildman–Crippen LogP) is 22.0. The van der Waals surface area contributed by atoms with Crippen molar-refractivity contribution >= 4 is 40.9 Å². The van der Waals surface area contributed by atoms with Crippen molar-refractivity contribution in [1.82, 2.24) is 20.2 Å². The number of nitrogens with one attached hydrogen (secondary N) is 2. The van der Waals surface area contributed by atoms with Gasteiger partial charge in [-0.25, -0.2) is 5.43 Å². The van der Waals surface area contributed by atoms with E-state index in [2.05, 4.69) is 349 Å². The highest BCUT2D eigenvalue weighted by molar-refractivity contribution is 6.16. The van der Waals surface area contributed by atoms with E-state index in [0.29, 0.717) is 48.3 Å². The Bertz CT molecular complexity index is 5890. The van der Waals surface area contributed by atoms with Crippen LogP contribution in [0.4, 0.5) is 11.4 Å². The van der Waals surface area contributed by atoms with Crippen LogP contribution in [-0.2, 0) is 5.41 Å². The molecule has 2 fully saturated rings. The Balaban J connectivity index is 0.441. The third-order valence-corrected chi connectivity index (χ3v) is 29.0. The van der Waals surface area contributed by atoms with Gasteiger partial charge in [-0.2, -0.15) is 5.10 Å². The van der Waals surface area contributed by atoms with E-state index in [4.69, 9.17) is 19.8 Å². The summed E-state index contributed by atoms with van der Waals surface area (Å²) < 4.78 is 7.12. The number of rotatable bonds is 15. The van der Waals surface area contributed by atoms with Crippen molar-refractivity contribution in [3.8, 4) is 16.9 Å². The monoisotopic (exact) mass is 1540 g/mol. The zero-order chi connectivity index (χ0) is 78.5. The zero-order valence-electron chi connectivity index (χ0n) is 68.0. The molecule has 1 saturated carbocycles. The molecular weight excluding hydrogens is 1440 g/mol. The van der Waals surface area contributed by atoms with Crippen molar-refractivity contribution in [3.63, 3.8) is 0 Å². The van der Waals surface area contributed by atoms with E-state index in [1.54, 1.807) is 5.70 Å². The van der Waals surface area contributed by atoms with Crippen LogP contribution in [0.1, 0.15) is 170 Å². The second-order valence-electron chi connectivity index (χ2n) is 36.1. The Kier molecular flexibility index (Phi) is 18.8. The minimum Gasteiger partial charge on any atom is -0.482 e. The van der Waals surface area contributed by atoms with Gasteiger partial charge >= 0.3 is 0 Å². The Morgan fingerprint density at radius 2 is 1.53 bits per heavy atom. The van der Waals surface area contributed by atoms with E-state index >= 15 is 0 Å². The highest BCUT2D eigenvalue weighted by Crippen LogP contribution is 2.56. The normalized spacial score (nSPS) is 29.8. The zero-order valence-corrected chi connectivity index (χ0v) is 68.0. The molecule has 588 valence electrons. The Hall–Kier alpha value is -11.6. The number of nitrogens with zero attached hydrogens (tertiary/aromatic N) is 7. The minimum absolute atomic E-state index is 0.0445. The van der Waals surface area contributed by atoms with Crippen molar-refractivity contribution in [2.75, 3.05) is 30.6 Å². The number of ether oxygens (including phenoxy) is 1. The molecule has 15 aliphatic rings. The molecule has 14 atom stereocenters. The highest BCUT2D eigenvalue weighted by Gasteiger charge is 2.49. The number of hydrazine groups is 1. The molecule has 0 radical (unpaired) electrons. The molecule has 6 aliphatic heterocycles. The van der Waals surface area contributed by atoms with Gasteiger partial charge in [0.15, 0.2) is 0 Å². The summed E-state index contributed by atoms with van der Waals surface area (Å²) in [6.07, 6.45) is 76.0. The van der Waals surface area contributed by atoms with Gasteiger partial charge in [-0.1, -0.05) is 269 Å². The van der Waals surface area contributed by atoms with Crippen LogP contribution in [0.2, 0.25) is 0 Å². The molecule has 1 saturated heterocycles. The molecule has 6 heterocycles. The van der Waals surface area contributed by atoms with Crippen LogP contribution in [0.25, 0.3) is 34.9 Å². The van der Waals surface area contributed by atoms with Crippen molar-refractivity contribution in [2.24, 2.45) is 44.7 Å². The van der Waals surface area contributed by atoms with Crippen LogP contribution in [0, 0.1) is 29.6 Å². The van der Waals surface area contributed by atoms with Gasteiger partial charge in [-0.15, -0.1) is 0 Å². The number of benzene rings is 7. The minimum atomic E-state index is -0.240. The number of hydrogen-bond acceptors (Lipinski definition) is 10. The van der Waals surface area contributed by atoms with E-state index in [1.807, 2.05) is 12.1 Å². The van der Waals surface area contributed by atoms with Crippen LogP contribution in [-0.4, -0.2) is 77.1 Å². The quantitative estimate of drug-likeness (QED) is 0.0990. The third-order valence-electron chi connectivity index (χ3n) is 29.0. The lowest BCUT2D eigenvalue weighted by Gasteiger charge is -2.46. The smallest absolute Gasteiger partial charge is 0.144 e. The summed E-state index contributed by atoms with van der Waals surface area (Å²) in [4.78, 5) is 18.0. The van der Waals surface area contributed by atoms with E-state index in [9.17, 15) is 0 Å². The summed E-state index contributed by atoms with van der Waals surface area (Å²) in [6, 6.07) is 59.0. The Morgan fingerprint density at radius 3 is 2.41 bits per heavy atom. The van der Waals surface area contributed by atoms with E-state index in [-0.39, 0.29) is 53.4 Å². The molecule has 2 bridgehead atoms. The van der Waals surface area contributed by atoms with E-state index in [1.165, 1.54) is 139 Å². The van der Waals surface area contributed by atoms with Gasteiger partial charge in [-0.05, 0) is 239 Å². The highest BCUT2D eigenvalue weighted by atomic mass is 16.5. The molecule has 7 aromatic rings. The van der Waals surface area contributed by atoms with Crippen LogP contribution >= 0.6 is 0 Å². The molecule has 22 rings (SSSR count). The molecule has 9 aliphatic carbocycles. The number of allylic oxidation sites excluding steroid dienone is 22. The lowest BCUT2D eigenvalue weighted by atomic mass is 9.57. The van der Waals surface area contributed by atoms with E-state index in [0.717, 1.165) is 73.1 Å². The average Bonchev–Trinajstić information content (AvgIpc) is 0.825. The molecule has 118 heavy (non-hydrogen) atoms. The third kappa shape index (κ3) is 13.4. The summed E-state index contributed by atoms with van der Waals surface area (Å²) >= 11 is 0. The lowest BCUT2D eigenvalue weighted by Crippen LogP contribution is -2.53. The number of para-hydroxylation sites is 2. The molecule has 0 aromatic heterocycles. The first-order valence-electron chi connectivity index (χ1n) is 44.1. The fraction of sp³-hybridized carbons (Fsp3) is 0.306. The van der Waals surface area contributed by atoms with Gasteiger partial charge in [0.25, 0.3) is 0 Å². The van der Waals surface area contributed by atoms with E-state index < -0.39 is 0 Å². The average molecular weight is 1550 g/mol. The molecule has 0 spiro atoms. The molecule has 10 heteroatoms. The topological polar surface area (TPSA) is 83.3 Å². The lowest BCUT2D eigenvalue weighted by molar-refractivity contribution is 0.205. The summed E-state index contributed by atoms with van der Waals surface area (Å²) in [7, 11) is 2.08. The van der Waals surface area contributed by atoms with Crippen molar-refractivity contribution in [2.45, 2.75) is 157 Å². The van der Waals surface area contributed by atoms with Crippen LogP contribution in [0.3, 0.4) is 0 Å². The van der Waals surface area contributed by atoms with Gasteiger partial charge in [0.1, 0.15) is 11.9 Å². The SMILES string of the molecule is CC(CC1=CC2Oc3cc(C=CC4CCC(C5=CN6CN5C5C=C(c7ccc8c(c7)C(c7ccc(/C=C/C9=CC%10C%11C=CC=CC%11c%11ccccc%11-c%11cc(C=CC%12C=CC(C%13=NN(C)C%14C=CCC=C%13%14)=CC%12)ccc%11C%10(C)C=C9)cc7)NN8)CCC56)CC4)ccc3N(C3C=CCCC3)C2C=C1)c1ccc(C2CN=c3ccccc3=N2)cc1. The largest absolute Gasteiger partial charge is 0.482 e. The Labute approximate surface area is 696 Å². The fourth-order valence-electron chi connectivity index (χ4n) is 22.5. The summed E-state index contributed by atoms with van der Waals surface area (Å²) in [5.74, 6) is 3.60. The number of fused-ring (bicyclic) bond motifs is 18. The Morgan fingerprint density at radius 1 is 0.686 bits per heavy atom. The van der Waals surface area contributed by atoms with Crippen LogP contribution < -0.4 is 31.2 Å². The summed E-state index contributed by atoms with van der Waals surface area (Å²) in [5.41, 5.74) is 34.3.